The van der Waals surface area contributed by atoms with Crippen LogP contribution in [0.25, 0.3) is 0 Å². The van der Waals surface area contributed by atoms with E-state index in [2.05, 4.69) is 0 Å². The molecule has 0 aromatic heterocycles. The number of para-hydroxylation sites is 1. The van der Waals surface area contributed by atoms with E-state index in [0.717, 1.165) is 12.1 Å². The largest absolute Gasteiger partial charge is 0.396 e. The number of hydrogen-bond donors (Lipinski definition) is 1. The average Bonchev–Trinajstić information content (AvgIpc) is 2.38. The number of hydrogen-bond acceptors (Lipinski definition) is 3. The van der Waals surface area contributed by atoms with Gasteiger partial charge in [-0.15, -0.1) is 11.8 Å². The highest BCUT2D eigenvalue weighted by Crippen LogP contribution is 2.20. The molecule has 3 nitrogen and oxygen atoms in total. The number of aliphatic hydroxyl groups is 1. The summed E-state index contributed by atoms with van der Waals surface area (Å²) in [5.41, 5.74) is 0.943. The minimum absolute atomic E-state index is 0.121. The lowest BCUT2D eigenvalue weighted by atomic mass is 10.2. The summed E-state index contributed by atoms with van der Waals surface area (Å²) in [6, 6.07) is 9.90. The molecular weight excluding hydrogens is 258 g/mol. The van der Waals surface area contributed by atoms with Gasteiger partial charge in [0.25, 0.3) is 0 Å². The Morgan fingerprint density at radius 2 is 1.89 bits per heavy atom. The van der Waals surface area contributed by atoms with E-state index in [-0.39, 0.29) is 18.6 Å². The van der Waals surface area contributed by atoms with E-state index in [1.807, 2.05) is 56.0 Å². The van der Waals surface area contributed by atoms with Crippen LogP contribution in [0.3, 0.4) is 0 Å². The number of nitrogens with zero attached hydrogens (tertiary/aromatic N) is 1. The minimum atomic E-state index is 0.121. The molecule has 0 heterocycles. The average molecular weight is 281 g/mol. The van der Waals surface area contributed by atoms with Gasteiger partial charge < -0.3 is 10.0 Å². The van der Waals surface area contributed by atoms with Gasteiger partial charge in [0.15, 0.2) is 0 Å². The van der Waals surface area contributed by atoms with E-state index in [9.17, 15) is 4.79 Å². The first-order valence-corrected chi connectivity index (χ1v) is 7.70. The van der Waals surface area contributed by atoms with Crippen LogP contribution in [0.5, 0.6) is 0 Å². The molecule has 1 amide bonds. The quantitative estimate of drug-likeness (QED) is 0.835. The Hall–Kier alpha value is -1.00. The molecule has 0 radical (unpaired) electrons. The van der Waals surface area contributed by atoms with E-state index in [1.54, 1.807) is 11.8 Å². The molecule has 1 atom stereocenters. The molecule has 0 fully saturated rings. The summed E-state index contributed by atoms with van der Waals surface area (Å²) in [6.45, 7) is 6.25. The summed E-state index contributed by atoms with van der Waals surface area (Å²) in [7, 11) is 0. The Morgan fingerprint density at radius 3 is 2.42 bits per heavy atom. The van der Waals surface area contributed by atoms with Gasteiger partial charge in [-0.2, -0.15) is 0 Å². The first-order valence-electron chi connectivity index (χ1n) is 6.65. The summed E-state index contributed by atoms with van der Waals surface area (Å²) in [6.07, 6.45) is 0.727. The number of aliphatic hydroxyl groups excluding tert-OH is 1. The van der Waals surface area contributed by atoms with E-state index in [4.69, 9.17) is 5.11 Å². The maximum absolute atomic E-state index is 12.3. The van der Waals surface area contributed by atoms with Crippen LogP contribution in [-0.4, -0.2) is 34.7 Å². The zero-order valence-corrected chi connectivity index (χ0v) is 12.7. The molecule has 0 aliphatic heterocycles. The second-order valence-electron chi connectivity index (χ2n) is 4.83. The highest BCUT2D eigenvalue weighted by Gasteiger charge is 2.19. The normalized spacial score (nSPS) is 12.5. The van der Waals surface area contributed by atoms with Crippen molar-refractivity contribution in [2.75, 3.05) is 17.3 Å². The van der Waals surface area contributed by atoms with Crippen LogP contribution in [0.15, 0.2) is 30.3 Å². The summed E-state index contributed by atoms with van der Waals surface area (Å²) in [4.78, 5) is 14.2. The van der Waals surface area contributed by atoms with Crippen molar-refractivity contribution in [1.82, 2.24) is 0 Å². The van der Waals surface area contributed by atoms with Gasteiger partial charge in [-0.1, -0.05) is 25.1 Å². The molecule has 1 aromatic rings. The maximum Gasteiger partial charge on any atom is 0.237 e. The van der Waals surface area contributed by atoms with Gasteiger partial charge in [0.1, 0.15) is 0 Å². The van der Waals surface area contributed by atoms with E-state index < -0.39 is 0 Å². The molecule has 0 saturated heterocycles. The van der Waals surface area contributed by atoms with Crippen molar-refractivity contribution in [3.8, 4) is 0 Å². The first kappa shape index (κ1) is 16.1. The summed E-state index contributed by atoms with van der Waals surface area (Å²) >= 11 is 1.60. The van der Waals surface area contributed by atoms with Crippen LogP contribution >= 0.6 is 11.8 Å². The van der Waals surface area contributed by atoms with Gasteiger partial charge in [-0.3, -0.25) is 4.79 Å². The maximum atomic E-state index is 12.3. The van der Waals surface area contributed by atoms with Crippen LogP contribution in [-0.2, 0) is 4.79 Å². The summed E-state index contributed by atoms with van der Waals surface area (Å²) in [5.74, 6) is 0.574. The van der Waals surface area contributed by atoms with Crippen molar-refractivity contribution in [2.45, 2.75) is 38.5 Å². The molecule has 4 heteroatoms. The van der Waals surface area contributed by atoms with E-state index >= 15 is 0 Å². The molecule has 0 saturated carbocycles. The highest BCUT2D eigenvalue weighted by molar-refractivity contribution is 8.00. The number of rotatable bonds is 7. The Bertz CT molecular complexity index is 381. The third-order valence-corrected chi connectivity index (χ3v) is 4.06. The first-order chi connectivity index (χ1) is 9.06. The molecule has 0 aliphatic carbocycles. The predicted octanol–water partition coefficient (Wildman–Crippen LogP) is 2.93. The number of benzene rings is 1. The number of thioether (sulfide) groups is 1. The predicted molar refractivity (Wildman–Crippen MR) is 82.7 cm³/mol. The Labute approximate surface area is 120 Å². The molecular formula is C15H23NO2S. The molecule has 1 N–H and O–H groups in total. The van der Waals surface area contributed by atoms with Crippen molar-refractivity contribution < 1.29 is 9.90 Å². The van der Waals surface area contributed by atoms with Crippen molar-refractivity contribution in [3.63, 3.8) is 0 Å². The Kier molecular flexibility index (Phi) is 6.95. The number of carbonyl (C=O) groups excluding carboxylic acids is 1. The zero-order valence-electron chi connectivity index (χ0n) is 11.9. The second kappa shape index (κ2) is 8.23. The third-order valence-electron chi connectivity index (χ3n) is 2.85. The van der Waals surface area contributed by atoms with Gasteiger partial charge in [0.2, 0.25) is 5.91 Å². The van der Waals surface area contributed by atoms with Crippen molar-refractivity contribution >= 4 is 23.4 Å². The van der Waals surface area contributed by atoms with Gasteiger partial charge in [0, 0.05) is 23.6 Å². The SMILES string of the molecule is CC(CCO)SCC(=O)N(c1ccccc1)C(C)C. The monoisotopic (exact) mass is 281 g/mol. The molecule has 1 aromatic carbocycles. The van der Waals surface area contributed by atoms with Crippen LogP contribution in [0, 0.1) is 0 Å². The smallest absolute Gasteiger partial charge is 0.237 e. The van der Waals surface area contributed by atoms with Crippen LogP contribution in [0.4, 0.5) is 5.69 Å². The standard InChI is InChI=1S/C15H23NO2S/c1-12(2)16(14-7-5-4-6-8-14)15(18)11-19-13(3)9-10-17/h4-8,12-13,17H,9-11H2,1-3H3. The van der Waals surface area contributed by atoms with Crippen LogP contribution in [0.1, 0.15) is 27.2 Å². The molecule has 1 rings (SSSR count). The molecule has 0 aliphatic rings. The number of amides is 1. The molecule has 106 valence electrons. The lowest BCUT2D eigenvalue weighted by molar-refractivity contribution is -0.116. The lowest BCUT2D eigenvalue weighted by Gasteiger charge is -2.27. The minimum Gasteiger partial charge on any atom is -0.396 e. The zero-order chi connectivity index (χ0) is 14.3. The molecule has 19 heavy (non-hydrogen) atoms. The van der Waals surface area contributed by atoms with Crippen LogP contribution in [0.2, 0.25) is 0 Å². The highest BCUT2D eigenvalue weighted by atomic mass is 32.2. The second-order valence-corrected chi connectivity index (χ2v) is 6.25. The Morgan fingerprint density at radius 1 is 1.26 bits per heavy atom. The van der Waals surface area contributed by atoms with Crippen molar-refractivity contribution in [3.05, 3.63) is 30.3 Å². The molecule has 0 spiro atoms. The van der Waals surface area contributed by atoms with Crippen molar-refractivity contribution in [2.24, 2.45) is 0 Å². The van der Waals surface area contributed by atoms with Gasteiger partial charge >= 0.3 is 0 Å². The van der Waals surface area contributed by atoms with Gasteiger partial charge in [0.05, 0.1) is 5.75 Å². The summed E-state index contributed by atoms with van der Waals surface area (Å²) in [5, 5.41) is 9.17. The Balaban J connectivity index is 2.65. The fourth-order valence-corrected chi connectivity index (χ4v) is 2.71. The van der Waals surface area contributed by atoms with E-state index in [1.165, 1.54) is 0 Å². The van der Waals surface area contributed by atoms with E-state index in [0.29, 0.717) is 11.0 Å². The number of carbonyl (C=O) groups is 1. The molecule has 0 bridgehead atoms. The fourth-order valence-electron chi connectivity index (χ4n) is 1.87. The van der Waals surface area contributed by atoms with Gasteiger partial charge in [-0.05, 0) is 32.4 Å². The molecule has 1 unspecified atom stereocenters. The van der Waals surface area contributed by atoms with Gasteiger partial charge in [-0.25, -0.2) is 0 Å². The number of anilines is 1. The van der Waals surface area contributed by atoms with Crippen molar-refractivity contribution in [1.29, 1.82) is 0 Å². The lowest BCUT2D eigenvalue weighted by Crippen LogP contribution is -2.38. The topological polar surface area (TPSA) is 40.5 Å². The third kappa shape index (κ3) is 5.25. The fraction of sp³-hybridized carbons (Fsp3) is 0.533. The summed E-state index contributed by atoms with van der Waals surface area (Å²) < 4.78 is 0. The van der Waals surface area contributed by atoms with Crippen LogP contribution < -0.4 is 4.90 Å².